The predicted molar refractivity (Wildman–Crippen MR) is 103 cm³/mol. The SMILES string of the molecule is COc1ccc2c(C)c(CCC(=O)Nc3nnc(C4CC4)s3)c(=O)oc2c1. The van der Waals surface area contributed by atoms with Gasteiger partial charge in [-0.1, -0.05) is 11.3 Å². The van der Waals surface area contributed by atoms with Crippen LogP contribution in [-0.2, 0) is 11.2 Å². The Kier molecular flexibility index (Phi) is 4.65. The summed E-state index contributed by atoms with van der Waals surface area (Å²) in [5.74, 6) is 0.943. The lowest BCUT2D eigenvalue weighted by Gasteiger charge is -2.08. The van der Waals surface area contributed by atoms with E-state index < -0.39 is 5.63 Å². The summed E-state index contributed by atoms with van der Waals surface area (Å²) < 4.78 is 10.6. The third kappa shape index (κ3) is 3.71. The number of carbonyl (C=O) groups is 1. The normalized spacial score (nSPS) is 13.7. The fraction of sp³-hybridized carbons (Fsp3) is 0.368. The molecule has 0 atom stereocenters. The number of amides is 1. The third-order valence-electron chi connectivity index (χ3n) is 4.71. The number of ether oxygens (including phenoxy) is 1. The smallest absolute Gasteiger partial charge is 0.339 e. The van der Waals surface area contributed by atoms with Gasteiger partial charge in [0.05, 0.1) is 7.11 Å². The van der Waals surface area contributed by atoms with Gasteiger partial charge in [0.1, 0.15) is 16.3 Å². The molecule has 0 saturated heterocycles. The van der Waals surface area contributed by atoms with Gasteiger partial charge in [-0.2, -0.15) is 0 Å². The Labute approximate surface area is 159 Å². The minimum absolute atomic E-state index is 0.172. The van der Waals surface area contributed by atoms with E-state index in [0.717, 1.165) is 28.8 Å². The molecule has 1 saturated carbocycles. The zero-order chi connectivity index (χ0) is 19.0. The predicted octanol–water partition coefficient (Wildman–Crippen LogP) is 3.41. The zero-order valence-electron chi connectivity index (χ0n) is 15.1. The molecule has 1 amide bonds. The van der Waals surface area contributed by atoms with Gasteiger partial charge in [-0.25, -0.2) is 4.79 Å². The highest BCUT2D eigenvalue weighted by Gasteiger charge is 2.27. The average Bonchev–Trinajstić information content (AvgIpc) is 3.40. The van der Waals surface area contributed by atoms with Crippen LogP contribution in [0.15, 0.2) is 27.4 Å². The maximum absolute atomic E-state index is 12.4. The van der Waals surface area contributed by atoms with Crippen LogP contribution in [0.25, 0.3) is 11.0 Å². The largest absolute Gasteiger partial charge is 0.497 e. The second kappa shape index (κ2) is 7.11. The van der Waals surface area contributed by atoms with Gasteiger partial charge in [0, 0.05) is 29.4 Å². The Morgan fingerprint density at radius 1 is 1.37 bits per heavy atom. The van der Waals surface area contributed by atoms with Crippen molar-refractivity contribution >= 4 is 33.3 Å². The van der Waals surface area contributed by atoms with Crippen LogP contribution in [0.2, 0.25) is 0 Å². The first kappa shape index (κ1) is 17.7. The molecule has 1 N–H and O–H groups in total. The quantitative estimate of drug-likeness (QED) is 0.654. The second-order valence-electron chi connectivity index (χ2n) is 6.62. The van der Waals surface area contributed by atoms with Crippen molar-refractivity contribution in [3.05, 3.63) is 44.8 Å². The zero-order valence-corrected chi connectivity index (χ0v) is 15.9. The highest BCUT2D eigenvalue weighted by Crippen LogP contribution is 2.42. The number of rotatable bonds is 6. The molecule has 4 rings (SSSR count). The summed E-state index contributed by atoms with van der Waals surface area (Å²) in [7, 11) is 1.56. The van der Waals surface area contributed by atoms with Gasteiger partial charge in [0.2, 0.25) is 11.0 Å². The van der Waals surface area contributed by atoms with Crippen LogP contribution in [0, 0.1) is 6.92 Å². The Hall–Kier alpha value is -2.74. The van der Waals surface area contributed by atoms with Crippen molar-refractivity contribution in [1.29, 1.82) is 0 Å². The topological polar surface area (TPSA) is 94.3 Å². The van der Waals surface area contributed by atoms with E-state index in [1.165, 1.54) is 11.3 Å². The van der Waals surface area contributed by atoms with Crippen molar-refractivity contribution in [2.75, 3.05) is 12.4 Å². The van der Waals surface area contributed by atoms with Crippen LogP contribution < -0.4 is 15.7 Å². The van der Waals surface area contributed by atoms with Gasteiger partial charge < -0.3 is 14.5 Å². The van der Waals surface area contributed by atoms with Gasteiger partial charge in [-0.05, 0) is 43.9 Å². The lowest BCUT2D eigenvalue weighted by molar-refractivity contribution is -0.116. The molecule has 0 radical (unpaired) electrons. The van der Waals surface area contributed by atoms with Crippen LogP contribution in [0.5, 0.6) is 5.75 Å². The summed E-state index contributed by atoms with van der Waals surface area (Å²) >= 11 is 1.42. The summed E-state index contributed by atoms with van der Waals surface area (Å²) in [6.45, 7) is 1.87. The molecule has 1 aliphatic rings. The molecule has 0 aliphatic heterocycles. The van der Waals surface area contributed by atoms with Crippen molar-refractivity contribution in [2.45, 2.75) is 38.5 Å². The molecule has 2 aromatic heterocycles. The maximum atomic E-state index is 12.4. The van der Waals surface area contributed by atoms with E-state index in [2.05, 4.69) is 15.5 Å². The molecule has 3 aromatic rings. The molecular formula is C19H19N3O4S. The van der Waals surface area contributed by atoms with Gasteiger partial charge in [-0.3, -0.25) is 4.79 Å². The third-order valence-corrected chi connectivity index (χ3v) is 5.71. The molecule has 1 fully saturated rings. The van der Waals surface area contributed by atoms with E-state index in [4.69, 9.17) is 9.15 Å². The summed E-state index contributed by atoms with van der Waals surface area (Å²) in [4.78, 5) is 24.6. The van der Waals surface area contributed by atoms with Gasteiger partial charge in [-0.15, -0.1) is 10.2 Å². The number of methoxy groups -OCH3 is 1. The Morgan fingerprint density at radius 3 is 2.93 bits per heavy atom. The maximum Gasteiger partial charge on any atom is 0.339 e. The summed E-state index contributed by atoms with van der Waals surface area (Å²) in [6, 6.07) is 5.36. The van der Waals surface area contributed by atoms with Crippen molar-refractivity contribution < 1.29 is 13.9 Å². The average molecular weight is 385 g/mol. The number of fused-ring (bicyclic) bond motifs is 1. The Bertz CT molecular complexity index is 1070. The van der Waals surface area contributed by atoms with Gasteiger partial charge >= 0.3 is 5.63 Å². The number of carbonyl (C=O) groups excluding carboxylic acids is 1. The number of aromatic nitrogens is 2. The first-order chi connectivity index (χ1) is 13.0. The van der Waals surface area contributed by atoms with Gasteiger partial charge in [0.25, 0.3) is 0 Å². The van der Waals surface area contributed by atoms with Crippen LogP contribution >= 0.6 is 11.3 Å². The summed E-state index contributed by atoms with van der Waals surface area (Å²) in [6.07, 6.45) is 2.76. The Balaban J connectivity index is 1.47. The minimum Gasteiger partial charge on any atom is -0.497 e. The lowest BCUT2D eigenvalue weighted by atomic mass is 10.0. The minimum atomic E-state index is -0.423. The molecule has 140 valence electrons. The highest BCUT2D eigenvalue weighted by atomic mass is 32.1. The standard InChI is InChI=1S/C19H19N3O4S/c1-10-13-6-5-12(25-2)9-15(13)26-18(24)14(10)7-8-16(23)20-19-22-21-17(27-19)11-3-4-11/h5-6,9,11H,3-4,7-8H2,1-2H3,(H,20,22,23). The van der Waals surface area contributed by atoms with Gasteiger partial charge in [0.15, 0.2) is 0 Å². The first-order valence-electron chi connectivity index (χ1n) is 8.78. The molecule has 0 bridgehead atoms. The molecule has 8 heteroatoms. The van der Waals surface area contributed by atoms with Crippen molar-refractivity contribution in [3.63, 3.8) is 0 Å². The van der Waals surface area contributed by atoms with Crippen LogP contribution in [0.3, 0.4) is 0 Å². The summed E-state index contributed by atoms with van der Waals surface area (Å²) in [5.41, 5.74) is 1.39. The number of nitrogens with zero attached hydrogens (tertiary/aromatic N) is 2. The number of hydrogen-bond acceptors (Lipinski definition) is 7. The first-order valence-corrected chi connectivity index (χ1v) is 9.60. The number of nitrogens with one attached hydrogen (secondary N) is 1. The summed E-state index contributed by atoms with van der Waals surface area (Å²) in [5, 5.41) is 13.2. The molecule has 27 heavy (non-hydrogen) atoms. The highest BCUT2D eigenvalue weighted by molar-refractivity contribution is 7.15. The van der Waals surface area contributed by atoms with E-state index >= 15 is 0 Å². The number of anilines is 1. The second-order valence-corrected chi connectivity index (χ2v) is 7.63. The van der Waals surface area contributed by atoms with Crippen molar-refractivity contribution in [1.82, 2.24) is 10.2 Å². The molecule has 2 heterocycles. The number of aryl methyl sites for hydroxylation is 1. The lowest BCUT2D eigenvalue weighted by Crippen LogP contribution is -2.16. The van der Waals surface area contributed by atoms with E-state index in [1.807, 2.05) is 19.1 Å². The van der Waals surface area contributed by atoms with E-state index in [9.17, 15) is 9.59 Å². The molecule has 0 spiro atoms. The van der Waals surface area contributed by atoms with Crippen molar-refractivity contribution in [3.8, 4) is 5.75 Å². The van der Waals surface area contributed by atoms with E-state index in [1.54, 1.807) is 13.2 Å². The number of benzene rings is 1. The van der Waals surface area contributed by atoms with Crippen molar-refractivity contribution in [2.24, 2.45) is 0 Å². The number of hydrogen-bond donors (Lipinski definition) is 1. The molecule has 1 aliphatic carbocycles. The molecule has 7 nitrogen and oxygen atoms in total. The molecular weight excluding hydrogens is 366 g/mol. The fourth-order valence-corrected chi connectivity index (χ4v) is 3.92. The van der Waals surface area contributed by atoms with E-state index in [-0.39, 0.29) is 12.3 Å². The molecule has 1 aromatic carbocycles. The molecule has 0 unspecified atom stereocenters. The van der Waals surface area contributed by atoms with Crippen LogP contribution in [-0.4, -0.2) is 23.2 Å². The monoisotopic (exact) mass is 385 g/mol. The van der Waals surface area contributed by atoms with Crippen LogP contribution in [0.4, 0.5) is 5.13 Å². The van der Waals surface area contributed by atoms with Crippen LogP contribution in [0.1, 0.15) is 41.3 Å². The Morgan fingerprint density at radius 2 is 2.19 bits per heavy atom. The van der Waals surface area contributed by atoms with E-state index in [0.29, 0.717) is 34.4 Å². The fourth-order valence-electron chi connectivity index (χ4n) is 2.99.